The Bertz CT molecular complexity index is 1790. The SMILES string of the molecule is C[C@@H]1CN(C2CCC(n3cc(Nc4nccc(-c5ccc(Cl)c(O[C@@H](C)Cn6cnnn6)c5)n4)c(OCc4nccs4)n3)CC2)C[C@H](C)O1. The highest BCUT2D eigenvalue weighted by Crippen LogP contribution is 2.36. The smallest absolute Gasteiger partial charge is 0.257 e. The number of ether oxygens (including phenoxy) is 3. The molecular weight excluding hydrogens is 666 g/mol. The fourth-order valence-corrected chi connectivity index (χ4v) is 7.34. The van der Waals surface area contributed by atoms with Crippen LogP contribution < -0.4 is 14.8 Å². The molecule has 0 amide bonds. The lowest BCUT2D eigenvalue weighted by Crippen LogP contribution is -2.51. The zero-order chi connectivity index (χ0) is 33.7. The summed E-state index contributed by atoms with van der Waals surface area (Å²) in [5.41, 5.74) is 2.23. The van der Waals surface area contributed by atoms with Gasteiger partial charge in [-0.2, -0.15) is 0 Å². The predicted octanol–water partition coefficient (Wildman–Crippen LogP) is 5.82. The lowest BCUT2D eigenvalue weighted by molar-refractivity contribution is -0.0852. The first-order chi connectivity index (χ1) is 23.9. The fraction of sp³-hybridized carbons (Fsp3) is 0.485. The van der Waals surface area contributed by atoms with E-state index in [0.717, 1.165) is 49.3 Å². The van der Waals surface area contributed by atoms with Crippen molar-refractivity contribution in [1.29, 1.82) is 0 Å². The van der Waals surface area contributed by atoms with Gasteiger partial charge >= 0.3 is 0 Å². The van der Waals surface area contributed by atoms with Gasteiger partial charge in [0.05, 0.1) is 41.7 Å². The minimum Gasteiger partial charge on any atom is -0.487 e. The molecule has 2 fully saturated rings. The molecule has 4 aromatic heterocycles. The predicted molar refractivity (Wildman–Crippen MR) is 185 cm³/mol. The van der Waals surface area contributed by atoms with Gasteiger partial charge in [-0.3, -0.25) is 9.58 Å². The van der Waals surface area contributed by atoms with Gasteiger partial charge in [0, 0.05) is 42.5 Å². The summed E-state index contributed by atoms with van der Waals surface area (Å²) in [5.74, 6) is 1.44. The Balaban J connectivity index is 1.06. The highest BCUT2D eigenvalue weighted by molar-refractivity contribution is 7.09. The molecule has 16 heteroatoms. The van der Waals surface area contributed by atoms with Gasteiger partial charge in [0.25, 0.3) is 5.88 Å². The molecule has 1 aliphatic heterocycles. The summed E-state index contributed by atoms with van der Waals surface area (Å²) in [6, 6.07) is 8.27. The second-order valence-corrected chi connectivity index (χ2v) is 14.1. The Labute approximate surface area is 293 Å². The average molecular weight is 706 g/mol. The van der Waals surface area contributed by atoms with E-state index in [-0.39, 0.29) is 24.4 Å². The van der Waals surface area contributed by atoms with Crippen LogP contribution >= 0.6 is 22.9 Å². The summed E-state index contributed by atoms with van der Waals surface area (Å²) in [4.78, 5) is 16.3. The number of halogens is 1. The first-order valence-electron chi connectivity index (χ1n) is 16.6. The van der Waals surface area contributed by atoms with Crippen LogP contribution in [0.15, 0.2) is 54.6 Å². The van der Waals surface area contributed by atoms with Crippen LogP contribution in [0.4, 0.5) is 11.6 Å². The second kappa shape index (κ2) is 15.2. The number of aromatic nitrogens is 9. The Hall–Kier alpha value is -4.18. The molecule has 1 saturated heterocycles. The molecule has 1 aromatic carbocycles. The zero-order valence-corrected chi connectivity index (χ0v) is 29.3. The minimum atomic E-state index is -0.222. The molecule has 1 N–H and O–H groups in total. The Kier molecular flexibility index (Phi) is 10.3. The van der Waals surface area contributed by atoms with E-state index in [1.165, 1.54) is 0 Å². The number of anilines is 2. The Morgan fingerprint density at radius 2 is 1.88 bits per heavy atom. The molecule has 3 atom stereocenters. The van der Waals surface area contributed by atoms with Crippen molar-refractivity contribution in [2.75, 3.05) is 18.4 Å². The molecule has 0 spiro atoms. The standard InChI is InChI=1S/C33H40ClN11O3S/c1-21-15-43(16-22(2)47-21)25-5-7-26(8-6-25)45-18-29(32(40-45)46-19-31-35-12-13-49-31)39-33-36-11-10-28(38-33)24-4-9-27(34)30(14-24)48-23(3)17-44-20-37-41-42-44/h4,9-14,18,20-23,25-26H,5-8,15-17,19H2,1-3H3,(H,36,38,39)/t21-,22+,23-,25?,26?/m0/s1. The molecule has 49 heavy (non-hydrogen) atoms. The number of benzene rings is 1. The van der Waals surface area contributed by atoms with E-state index in [2.05, 4.69) is 49.6 Å². The molecule has 1 saturated carbocycles. The van der Waals surface area contributed by atoms with Crippen molar-refractivity contribution < 1.29 is 14.2 Å². The largest absolute Gasteiger partial charge is 0.487 e. The monoisotopic (exact) mass is 705 g/mol. The first-order valence-corrected chi connectivity index (χ1v) is 17.9. The van der Waals surface area contributed by atoms with Crippen molar-refractivity contribution in [3.8, 4) is 22.9 Å². The molecule has 7 rings (SSSR count). The van der Waals surface area contributed by atoms with Crippen LogP contribution in [0.5, 0.6) is 11.6 Å². The maximum absolute atomic E-state index is 6.51. The normalized spacial score (nSPS) is 22.1. The summed E-state index contributed by atoms with van der Waals surface area (Å²) in [7, 11) is 0. The molecule has 5 aromatic rings. The molecule has 14 nitrogen and oxygen atoms in total. The highest BCUT2D eigenvalue weighted by atomic mass is 35.5. The van der Waals surface area contributed by atoms with Crippen LogP contribution in [0.3, 0.4) is 0 Å². The van der Waals surface area contributed by atoms with Crippen LogP contribution in [-0.2, 0) is 17.9 Å². The molecule has 0 unspecified atom stereocenters. The number of rotatable bonds is 12. The number of tetrazole rings is 1. The van der Waals surface area contributed by atoms with Gasteiger partial charge in [-0.25, -0.2) is 19.6 Å². The van der Waals surface area contributed by atoms with Crippen molar-refractivity contribution in [3.05, 3.63) is 64.6 Å². The zero-order valence-electron chi connectivity index (χ0n) is 27.7. The van der Waals surface area contributed by atoms with Crippen LogP contribution in [0.2, 0.25) is 5.02 Å². The lowest BCUT2D eigenvalue weighted by Gasteiger charge is -2.42. The molecule has 0 radical (unpaired) electrons. The third-order valence-electron chi connectivity index (χ3n) is 8.81. The third kappa shape index (κ3) is 8.35. The van der Waals surface area contributed by atoms with Crippen LogP contribution in [0.25, 0.3) is 11.3 Å². The van der Waals surface area contributed by atoms with E-state index in [1.54, 1.807) is 40.8 Å². The molecule has 2 aliphatic rings. The van der Waals surface area contributed by atoms with E-state index >= 15 is 0 Å². The maximum atomic E-state index is 6.51. The molecule has 0 bridgehead atoms. The molecule has 258 valence electrons. The molecule has 1 aliphatic carbocycles. The number of hydrogen-bond donors (Lipinski definition) is 1. The van der Waals surface area contributed by atoms with Crippen LogP contribution in [0, 0.1) is 0 Å². The third-order valence-corrected chi connectivity index (χ3v) is 9.88. The highest BCUT2D eigenvalue weighted by Gasteiger charge is 2.32. The number of morpholine rings is 1. The van der Waals surface area contributed by atoms with Gasteiger partial charge in [0.15, 0.2) is 0 Å². The van der Waals surface area contributed by atoms with E-state index in [0.29, 0.717) is 53.2 Å². The topological polar surface area (TPSA) is 143 Å². The van der Waals surface area contributed by atoms with Crippen molar-refractivity contribution in [2.24, 2.45) is 0 Å². The van der Waals surface area contributed by atoms with Gasteiger partial charge in [-0.1, -0.05) is 17.7 Å². The van der Waals surface area contributed by atoms with Gasteiger partial charge in [0.2, 0.25) is 5.95 Å². The second-order valence-electron chi connectivity index (χ2n) is 12.7. The summed E-state index contributed by atoms with van der Waals surface area (Å²) < 4.78 is 22.0. The Morgan fingerprint density at radius 3 is 2.63 bits per heavy atom. The van der Waals surface area contributed by atoms with Crippen molar-refractivity contribution in [2.45, 2.75) is 90.0 Å². The number of nitrogens with one attached hydrogen (secondary N) is 1. The van der Waals surface area contributed by atoms with E-state index in [9.17, 15) is 0 Å². The molecule has 5 heterocycles. The number of nitrogens with zero attached hydrogens (tertiary/aromatic N) is 10. The van der Waals surface area contributed by atoms with E-state index in [1.807, 2.05) is 41.4 Å². The average Bonchev–Trinajstić information content (AvgIpc) is 3.88. The summed E-state index contributed by atoms with van der Waals surface area (Å²) in [6.45, 7) is 9.06. The van der Waals surface area contributed by atoms with Crippen LogP contribution in [0.1, 0.15) is 57.5 Å². The summed E-state index contributed by atoms with van der Waals surface area (Å²) in [5, 5.41) is 22.9. The number of thiazole rings is 1. The first kappa shape index (κ1) is 33.3. The van der Waals surface area contributed by atoms with Gasteiger partial charge in [-0.15, -0.1) is 21.5 Å². The van der Waals surface area contributed by atoms with Gasteiger partial charge < -0.3 is 19.5 Å². The van der Waals surface area contributed by atoms with Crippen molar-refractivity contribution in [3.63, 3.8) is 0 Å². The van der Waals surface area contributed by atoms with Crippen LogP contribution in [-0.4, -0.2) is 87.3 Å². The minimum absolute atomic E-state index is 0.222. The van der Waals surface area contributed by atoms with Crippen molar-refractivity contribution >= 4 is 34.6 Å². The summed E-state index contributed by atoms with van der Waals surface area (Å²) >= 11 is 8.05. The van der Waals surface area contributed by atoms with Gasteiger partial charge in [0.1, 0.15) is 35.5 Å². The van der Waals surface area contributed by atoms with Crippen molar-refractivity contribution in [1.82, 2.24) is 49.8 Å². The number of hydrogen-bond acceptors (Lipinski definition) is 13. The summed E-state index contributed by atoms with van der Waals surface area (Å²) in [6.07, 6.45) is 11.7. The maximum Gasteiger partial charge on any atom is 0.257 e. The quantitative estimate of drug-likeness (QED) is 0.167. The Morgan fingerprint density at radius 1 is 1.06 bits per heavy atom. The lowest BCUT2D eigenvalue weighted by atomic mass is 9.89. The van der Waals surface area contributed by atoms with E-state index < -0.39 is 0 Å². The van der Waals surface area contributed by atoms with E-state index in [4.69, 9.17) is 35.9 Å². The molecular formula is C33H40ClN11O3S. The fourth-order valence-electron chi connectivity index (χ4n) is 6.65. The van der Waals surface area contributed by atoms with Gasteiger partial charge in [-0.05, 0) is 75.1 Å².